The molecular formula is C24H28N2O3. The van der Waals surface area contributed by atoms with Gasteiger partial charge in [0.15, 0.2) is 5.43 Å². The number of para-hydroxylation sites is 2. The van der Waals surface area contributed by atoms with E-state index in [9.17, 15) is 4.79 Å². The molecule has 5 heteroatoms. The fourth-order valence-electron chi connectivity index (χ4n) is 4.21. The van der Waals surface area contributed by atoms with Crippen LogP contribution in [0.4, 0.5) is 5.69 Å². The fraction of sp³-hybridized carbons (Fsp3) is 0.375. The molecule has 0 N–H and O–H groups in total. The van der Waals surface area contributed by atoms with Gasteiger partial charge in [0.1, 0.15) is 17.1 Å². The van der Waals surface area contributed by atoms with E-state index in [1.165, 1.54) is 0 Å². The molecule has 0 amide bonds. The van der Waals surface area contributed by atoms with Crippen LogP contribution in [-0.4, -0.2) is 44.7 Å². The molecule has 29 heavy (non-hydrogen) atoms. The van der Waals surface area contributed by atoms with E-state index in [0.717, 1.165) is 67.5 Å². The predicted molar refractivity (Wildman–Crippen MR) is 117 cm³/mol. The molecule has 152 valence electrons. The molecule has 0 spiro atoms. The summed E-state index contributed by atoms with van der Waals surface area (Å²) in [4.78, 5) is 17.4. The van der Waals surface area contributed by atoms with Gasteiger partial charge in [-0.1, -0.05) is 18.2 Å². The Morgan fingerprint density at radius 3 is 2.55 bits per heavy atom. The average Bonchev–Trinajstić information content (AvgIpc) is 2.72. The van der Waals surface area contributed by atoms with Crippen LogP contribution in [0.3, 0.4) is 0 Å². The molecule has 0 saturated carbocycles. The summed E-state index contributed by atoms with van der Waals surface area (Å²) in [5, 5.41) is 0.699. The van der Waals surface area contributed by atoms with Crippen molar-refractivity contribution in [1.29, 1.82) is 0 Å². The summed E-state index contributed by atoms with van der Waals surface area (Å²) < 4.78 is 11.6. The van der Waals surface area contributed by atoms with Crippen LogP contribution < -0.4 is 15.1 Å². The van der Waals surface area contributed by atoms with E-state index in [0.29, 0.717) is 11.0 Å². The van der Waals surface area contributed by atoms with Crippen molar-refractivity contribution < 1.29 is 9.15 Å². The Morgan fingerprint density at radius 2 is 1.79 bits per heavy atom. The first kappa shape index (κ1) is 19.5. The van der Waals surface area contributed by atoms with Crippen molar-refractivity contribution in [3.8, 4) is 5.75 Å². The Balaban J connectivity index is 1.40. The number of ether oxygens (including phenoxy) is 1. The largest absolute Gasteiger partial charge is 0.495 e. The molecule has 2 aromatic carbocycles. The summed E-state index contributed by atoms with van der Waals surface area (Å²) >= 11 is 0. The van der Waals surface area contributed by atoms with Crippen molar-refractivity contribution >= 4 is 16.7 Å². The second kappa shape index (κ2) is 8.29. The van der Waals surface area contributed by atoms with Crippen LogP contribution in [0.1, 0.15) is 16.9 Å². The molecule has 0 unspecified atom stereocenters. The maximum Gasteiger partial charge on any atom is 0.193 e. The molecule has 1 saturated heterocycles. The molecule has 3 aromatic rings. The lowest BCUT2D eigenvalue weighted by atomic mass is 10.1. The van der Waals surface area contributed by atoms with E-state index in [2.05, 4.69) is 21.9 Å². The van der Waals surface area contributed by atoms with Crippen LogP contribution in [0.5, 0.6) is 5.75 Å². The highest BCUT2D eigenvalue weighted by atomic mass is 16.5. The number of benzene rings is 2. The van der Waals surface area contributed by atoms with E-state index in [4.69, 9.17) is 9.15 Å². The first-order valence-electron chi connectivity index (χ1n) is 10.2. The smallest absolute Gasteiger partial charge is 0.193 e. The number of rotatable bonds is 5. The molecule has 1 aliphatic rings. The Hall–Kier alpha value is -2.79. The number of hydrogen-bond acceptors (Lipinski definition) is 5. The summed E-state index contributed by atoms with van der Waals surface area (Å²) in [7, 11) is 1.72. The number of hydrogen-bond donors (Lipinski definition) is 0. The number of fused-ring (bicyclic) bond motifs is 1. The number of anilines is 1. The standard InChI is InChI=1S/C24H28N2O3/c1-17-14-18(2)24-21(27)16-19(29-23(24)15-17)8-9-25-10-12-26(13-11-25)20-6-4-5-7-22(20)28-3/h4-7,14-16H,8-13H2,1-3H3. The van der Waals surface area contributed by atoms with E-state index < -0.39 is 0 Å². The highest BCUT2D eigenvalue weighted by Crippen LogP contribution is 2.28. The summed E-state index contributed by atoms with van der Waals surface area (Å²) in [6.45, 7) is 8.76. The maximum atomic E-state index is 12.6. The highest BCUT2D eigenvalue weighted by Gasteiger charge is 2.19. The van der Waals surface area contributed by atoms with E-state index >= 15 is 0 Å². The van der Waals surface area contributed by atoms with Crippen molar-refractivity contribution in [3.05, 3.63) is 69.6 Å². The van der Waals surface area contributed by atoms with Crippen LogP contribution in [0.25, 0.3) is 11.0 Å². The molecule has 5 nitrogen and oxygen atoms in total. The van der Waals surface area contributed by atoms with Gasteiger partial charge < -0.3 is 14.1 Å². The first-order valence-corrected chi connectivity index (χ1v) is 10.2. The quantitative estimate of drug-likeness (QED) is 0.661. The van der Waals surface area contributed by atoms with Gasteiger partial charge in [0.25, 0.3) is 0 Å². The monoisotopic (exact) mass is 392 g/mol. The third kappa shape index (κ3) is 4.15. The van der Waals surface area contributed by atoms with Gasteiger partial charge in [-0.15, -0.1) is 0 Å². The summed E-state index contributed by atoms with van der Waals surface area (Å²) in [6.07, 6.45) is 0.743. The minimum absolute atomic E-state index is 0.0553. The van der Waals surface area contributed by atoms with Gasteiger partial charge in [-0.3, -0.25) is 9.69 Å². The molecular weight excluding hydrogens is 364 g/mol. The Labute approximate surface area is 171 Å². The number of methoxy groups -OCH3 is 1. The molecule has 0 atom stereocenters. The van der Waals surface area contributed by atoms with Gasteiger partial charge in [-0.2, -0.15) is 0 Å². The van der Waals surface area contributed by atoms with Gasteiger partial charge in [0.2, 0.25) is 0 Å². The van der Waals surface area contributed by atoms with Crippen molar-refractivity contribution in [3.63, 3.8) is 0 Å². The second-order valence-electron chi connectivity index (χ2n) is 7.78. The molecule has 2 heterocycles. The Morgan fingerprint density at radius 1 is 1.03 bits per heavy atom. The van der Waals surface area contributed by atoms with Gasteiger partial charge in [0.05, 0.1) is 18.2 Å². The van der Waals surface area contributed by atoms with Crippen molar-refractivity contribution in [2.24, 2.45) is 0 Å². The molecule has 1 aromatic heterocycles. The Bertz CT molecular complexity index is 1070. The number of nitrogens with zero attached hydrogens (tertiary/aromatic N) is 2. The highest BCUT2D eigenvalue weighted by molar-refractivity contribution is 5.80. The van der Waals surface area contributed by atoms with Crippen molar-refractivity contribution in [2.75, 3.05) is 44.7 Å². The summed E-state index contributed by atoms with van der Waals surface area (Å²) in [5.74, 6) is 1.68. The maximum absolute atomic E-state index is 12.6. The van der Waals surface area contributed by atoms with E-state index in [-0.39, 0.29) is 5.43 Å². The third-order valence-corrected chi connectivity index (χ3v) is 5.70. The van der Waals surface area contributed by atoms with E-state index in [1.54, 1.807) is 13.2 Å². The fourth-order valence-corrected chi connectivity index (χ4v) is 4.21. The zero-order valence-electron chi connectivity index (χ0n) is 17.4. The van der Waals surface area contributed by atoms with Gasteiger partial charge in [-0.25, -0.2) is 0 Å². The number of piperazine rings is 1. The van der Waals surface area contributed by atoms with E-state index in [1.807, 2.05) is 38.1 Å². The second-order valence-corrected chi connectivity index (χ2v) is 7.78. The molecule has 0 aliphatic carbocycles. The zero-order valence-corrected chi connectivity index (χ0v) is 17.4. The van der Waals surface area contributed by atoms with Crippen LogP contribution in [0, 0.1) is 13.8 Å². The predicted octanol–water partition coefficient (Wildman–Crippen LogP) is 3.78. The van der Waals surface area contributed by atoms with Crippen LogP contribution in [0.2, 0.25) is 0 Å². The van der Waals surface area contributed by atoms with Crippen LogP contribution >= 0.6 is 0 Å². The Kier molecular flexibility index (Phi) is 5.58. The minimum Gasteiger partial charge on any atom is -0.495 e. The van der Waals surface area contributed by atoms with Gasteiger partial charge >= 0.3 is 0 Å². The molecule has 1 fully saturated rings. The lowest BCUT2D eigenvalue weighted by Gasteiger charge is -2.36. The van der Waals surface area contributed by atoms with Crippen molar-refractivity contribution in [1.82, 2.24) is 4.90 Å². The number of aryl methyl sites for hydroxylation is 2. The van der Waals surface area contributed by atoms with Gasteiger partial charge in [0, 0.05) is 45.2 Å². The lowest BCUT2D eigenvalue weighted by Crippen LogP contribution is -2.47. The first-order chi connectivity index (χ1) is 14.0. The topological polar surface area (TPSA) is 45.9 Å². The van der Waals surface area contributed by atoms with Crippen molar-refractivity contribution in [2.45, 2.75) is 20.3 Å². The summed E-state index contributed by atoms with van der Waals surface area (Å²) in [5.41, 5.74) is 4.00. The summed E-state index contributed by atoms with van der Waals surface area (Å²) in [6, 6.07) is 13.8. The van der Waals surface area contributed by atoms with Gasteiger partial charge in [-0.05, 0) is 43.2 Å². The average molecular weight is 392 g/mol. The third-order valence-electron chi connectivity index (χ3n) is 5.70. The normalized spacial score (nSPS) is 15.1. The lowest BCUT2D eigenvalue weighted by molar-refractivity contribution is 0.255. The minimum atomic E-state index is 0.0553. The van der Waals surface area contributed by atoms with Crippen LogP contribution in [-0.2, 0) is 6.42 Å². The van der Waals surface area contributed by atoms with Crippen LogP contribution in [0.15, 0.2) is 51.7 Å². The zero-order chi connectivity index (χ0) is 20.4. The molecule has 0 radical (unpaired) electrons. The molecule has 1 aliphatic heterocycles. The molecule has 4 rings (SSSR count). The SMILES string of the molecule is COc1ccccc1N1CCN(CCc2cc(=O)c3c(C)cc(C)cc3o2)CC1. The molecule has 0 bridgehead atoms.